The van der Waals surface area contributed by atoms with Crippen molar-refractivity contribution in [3.05, 3.63) is 64.2 Å². The summed E-state index contributed by atoms with van der Waals surface area (Å²) in [5.74, 6) is -0.435. The Morgan fingerprint density at radius 1 is 1.03 bits per heavy atom. The summed E-state index contributed by atoms with van der Waals surface area (Å²) in [6, 6.07) is 12.0. The van der Waals surface area contributed by atoms with Crippen LogP contribution < -0.4 is 15.4 Å². The van der Waals surface area contributed by atoms with E-state index in [0.29, 0.717) is 5.69 Å². The fourth-order valence-electron chi connectivity index (χ4n) is 2.44. The molecule has 0 aromatic heterocycles. The molecule has 166 valence electrons. The number of hydrogen-bond donors (Lipinski definition) is 3. The average Bonchev–Trinajstić information content (AvgIpc) is 2.71. The summed E-state index contributed by atoms with van der Waals surface area (Å²) in [6.07, 6.45) is 0. The van der Waals surface area contributed by atoms with Crippen molar-refractivity contribution in [2.45, 2.75) is 11.8 Å². The van der Waals surface area contributed by atoms with Crippen molar-refractivity contribution in [2.75, 3.05) is 29.9 Å². The van der Waals surface area contributed by atoms with Gasteiger partial charge in [0.05, 0.1) is 21.3 Å². The van der Waals surface area contributed by atoms with Crippen molar-refractivity contribution in [1.82, 2.24) is 10.0 Å². The van der Waals surface area contributed by atoms with Crippen LogP contribution in [0.25, 0.3) is 0 Å². The number of benzene rings is 2. The van der Waals surface area contributed by atoms with E-state index in [2.05, 4.69) is 15.4 Å². The third-order valence-electron chi connectivity index (χ3n) is 3.85. The van der Waals surface area contributed by atoms with Crippen molar-refractivity contribution >= 4 is 45.0 Å². The number of carbonyl (C=O) groups excluding carboxylic acids is 2. The van der Waals surface area contributed by atoms with Gasteiger partial charge in [0.2, 0.25) is 21.8 Å². The molecule has 0 aliphatic rings. The monoisotopic (exact) mass is 466 g/mol. The fourth-order valence-corrected chi connectivity index (χ4v) is 4.16. The van der Waals surface area contributed by atoms with E-state index in [0.717, 1.165) is 23.4 Å². The van der Waals surface area contributed by atoms with Crippen LogP contribution in [0.5, 0.6) is 0 Å². The van der Waals surface area contributed by atoms with E-state index >= 15 is 0 Å². The number of sulfonamides is 1. The number of nitrogens with one attached hydrogen (secondary N) is 3. The number of hydrogen-bond acceptors (Lipinski definition) is 7. The first-order chi connectivity index (χ1) is 14.7. The number of carbonyl (C=O) groups is 2. The molecule has 0 radical (unpaired) electrons. The van der Waals surface area contributed by atoms with Crippen molar-refractivity contribution in [1.29, 1.82) is 0 Å². The molecular formula is C19H22N4O6S2. The highest BCUT2D eigenvalue weighted by atomic mass is 32.2. The lowest BCUT2D eigenvalue weighted by Gasteiger charge is -2.08. The first kappa shape index (κ1) is 24.3. The molecule has 0 spiro atoms. The third kappa shape index (κ3) is 8.36. The Hall–Kier alpha value is -2.96. The molecule has 0 bridgehead atoms. The van der Waals surface area contributed by atoms with Crippen LogP contribution in [0.3, 0.4) is 0 Å². The van der Waals surface area contributed by atoms with Gasteiger partial charge in [-0.25, -0.2) is 13.1 Å². The zero-order valence-electron chi connectivity index (χ0n) is 16.7. The number of thioether (sulfide) groups is 1. The van der Waals surface area contributed by atoms with Crippen LogP contribution in [0.4, 0.5) is 11.4 Å². The van der Waals surface area contributed by atoms with Gasteiger partial charge >= 0.3 is 0 Å². The molecule has 0 unspecified atom stereocenters. The van der Waals surface area contributed by atoms with Gasteiger partial charge in [0.1, 0.15) is 0 Å². The van der Waals surface area contributed by atoms with E-state index in [4.69, 9.17) is 0 Å². The summed E-state index contributed by atoms with van der Waals surface area (Å²) < 4.78 is 26.6. The lowest BCUT2D eigenvalue weighted by atomic mass is 10.2. The van der Waals surface area contributed by atoms with E-state index in [-0.39, 0.29) is 47.0 Å². The number of nitrogens with zero attached hydrogens (tertiary/aromatic N) is 1. The van der Waals surface area contributed by atoms with Crippen LogP contribution in [0.15, 0.2) is 53.4 Å². The zero-order valence-corrected chi connectivity index (χ0v) is 18.3. The summed E-state index contributed by atoms with van der Waals surface area (Å²) >= 11 is 1.13. The van der Waals surface area contributed by atoms with E-state index in [1.165, 1.54) is 18.2 Å². The molecule has 12 heteroatoms. The number of nitro benzene ring substituents is 1. The molecule has 0 atom stereocenters. The maximum Gasteiger partial charge on any atom is 0.270 e. The van der Waals surface area contributed by atoms with Crippen LogP contribution in [0.2, 0.25) is 0 Å². The average molecular weight is 467 g/mol. The number of nitro groups is 1. The minimum absolute atomic E-state index is 0.0308. The quantitative estimate of drug-likeness (QED) is 0.259. The van der Waals surface area contributed by atoms with Gasteiger partial charge in [-0.15, -0.1) is 11.8 Å². The van der Waals surface area contributed by atoms with Crippen molar-refractivity contribution in [3.8, 4) is 0 Å². The van der Waals surface area contributed by atoms with Crippen LogP contribution in [0.1, 0.15) is 5.56 Å². The predicted molar refractivity (Wildman–Crippen MR) is 118 cm³/mol. The molecule has 0 saturated carbocycles. The Kier molecular flexibility index (Phi) is 8.97. The van der Waals surface area contributed by atoms with Crippen LogP contribution in [0, 0.1) is 17.0 Å². The van der Waals surface area contributed by atoms with Crippen molar-refractivity contribution < 1.29 is 22.9 Å². The van der Waals surface area contributed by atoms with Gasteiger partial charge in [0.15, 0.2) is 0 Å². The third-order valence-corrected chi connectivity index (χ3v) is 6.24. The lowest BCUT2D eigenvalue weighted by molar-refractivity contribution is -0.385. The van der Waals surface area contributed by atoms with Crippen molar-refractivity contribution in [2.24, 2.45) is 0 Å². The molecule has 0 aliphatic heterocycles. The highest BCUT2D eigenvalue weighted by molar-refractivity contribution is 8.00. The van der Waals surface area contributed by atoms with E-state index in [1.807, 2.05) is 25.1 Å². The first-order valence-corrected chi connectivity index (χ1v) is 11.8. The maximum atomic E-state index is 12.2. The number of rotatable bonds is 11. The normalized spacial score (nSPS) is 11.0. The molecule has 0 fully saturated rings. The summed E-state index contributed by atoms with van der Waals surface area (Å²) in [5.41, 5.74) is 1.37. The Morgan fingerprint density at radius 2 is 1.74 bits per heavy atom. The van der Waals surface area contributed by atoms with E-state index < -0.39 is 14.9 Å². The van der Waals surface area contributed by atoms with Gasteiger partial charge in [0, 0.05) is 30.9 Å². The molecule has 0 heterocycles. The highest BCUT2D eigenvalue weighted by Crippen LogP contribution is 2.17. The van der Waals surface area contributed by atoms with Gasteiger partial charge in [-0.1, -0.05) is 18.2 Å². The number of aryl methyl sites for hydroxylation is 1. The zero-order chi connectivity index (χ0) is 22.9. The number of non-ortho nitro benzene ring substituents is 1. The standard InChI is InChI=1S/C19H22N4O6S2/c1-14-4-2-5-15(10-14)22-19(25)13-30-12-18(24)20-8-9-21-31(28,29)17-7-3-6-16(11-17)23(26)27/h2-7,10-11,21H,8-9,12-13H2,1H3,(H,20,24)(H,22,25). The van der Waals surface area contributed by atoms with Crippen LogP contribution in [-0.4, -0.2) is 49.8 Å². The minimum Gasteiger partial charge on any atom is -0.354 e. The lowest BCUT2D eigenvalue weighted by Crippen LogP contribution is -2.35. The van der Waals surface area contributed by atoms with Gasteiger partial charge < -0.3 is 10.6 Å². The summed E-state index contributed by atoms with van der Waals surface area (Å²) in [4.78, 5) is 33.6. The number of amides is 2. The molecule has 3 N–H and O–H groups in total. The second kappa shape index (κ2) is 11.4. The Labute approximate surface area is 184 Å². The van der Waals surface area contributed by atoms with Crippen molar-refractivity contribution in [3.63, 3.8) is 0 Å². The molecule has 2 aromatic carbocycles. The topological polar surface area (TPSA) is 148 Å². The van der Waals surface area contributed by atoms with Gasteiger partial charge in [-0.2, -0.15) is 0 Å². The molecular weight excluding hydrogens is 444 g/mol. The van der Waals surface area contributed by atoms with Crippen LogP contribution in [-0.2, 0) is 19.6 Å². The molecule has 2 aromatic rings. The molecule has 2 rings (SSSR count). The maximum absolute atomic E-state index is 12.2. The van der Waals surface area contributed by atoms with E-state index in [1.54, 1.807) is 6.07 Å². The van der Waals surface area contributed by atoms with Gasteiger partial charge in [0.25, 0.3) is 5.69 Å². The SMILES string of the molecule is Cc1cccc(NC(=O)CSCC(=O)NCCNS(=O)(=O)c2cccc([N+](=O)[O-])c2)c1. The van der Waals surface area contributed by atoms with Gasteiger partial charge in [-0.3, -0.25) is 19.7 Å². The Morgan fingerprint density at radius 3 is 2.45 bits per heavy atom. The summed E-state index contributed by atoms with van der Waals surface area (Å²) in [7, 11) is -3.94. The summed E-state index contributed by atoms with van der Waals surface area (Å²) in [6.45, 7) is 1.86. The molecule has 2 amide bonds. The first-order valence-electron chi connectivity index (χ1n) is 9.12. The fraction of sp³-hybridized carbons (Fsp3) is 0.263. The molecule has 0 aliphatic carbocycles. The second-order valence-corrected chi connectivity index (χ2v) is 9.17. The number of anilines is 1. The minimum atomic E-state index is -3.94. The second-order valence-electron chi connectivity index (χ2n) is 6.41. The largest absolute Gasteiger partial charge is 0.354 e. The van der Waals surface area contributed by atoms with E-state index in [9.17, 15) is 28.1 Å². The highest BCUT2D eigenvalue weighted by Gasteiger charge is 2.17. The summed E-state index contributed by atoms with van der Waals surface area (Å²) in [5, 5.41) is 16.0. The molecule has 10 nitrogen and oxygen atoms in total. The van der Waals surface area contributed by atoms with Gasteiger partial charge in [-0.05, 0) is 30.7 Å². The Bertz CT molecular complexity index is 1060. The Balaban J connectivity index is 1.67. The predicted octanol–water partition coefficient (Wildman–Crippen LogP) is 1.67. The molecule has 31 heavy (non-hydrogen) atoms. The van der Waals surface area contributed by atoms with Crippen LogP contribution >= 0.6 is 11.8 Å². The smallest absolute Gasteiger partial charge is 0.270 e. The molecule has 0 saturated heterocycles.